The first-order valence-electron chi connectivity index (χ1n) is 11.8. The average Bonchev–Trinajstić information content (AvgIpc) is 3.18. The highest BCUT2D eigenvalue weighted by Crippen LogP contribution is 2.35. The van der Waals surface area contributed by atoms with Gasteiger partial charge in [0.05, 0.1) is 25.5 Å². The number of amides is 3. The number of carbonyl (C=O) groups is 3. The van der Waals surface area contributed by atoms with Gasteiger partial charge in [0.2, 0.25) is 0 Å². The number of nitrogens with one attached hydrogen (secondary N) is 1. The molecule has 0 aliphatic carbocycles. The van der Waals surface area contributed by atoms with E-state index in [1.54, 1.807) is 47.4 Å². The Morgan fingerprint density at radius 2 is 1.89 bits per heavy atom. The first kappa shape index (κ1) is 25.0. The summed E-state index contributed by atoms with van der Waals surface area (Å²) in [6, 6.07) is 12.4. The molecule has 3 amide bonds. The third-order valence-electron chi connectivity index (χ3n) is 5.74. The molecule has 0 unspecified atom stereocenters. The van der Waals surface area contributed by atoms with Crippen molar-refractivity contribution < 1.29 is 28.6 Å². The van der Waals surface area contributed by atoms with Gasteiger partial charge < -0.3 is 19.1 Å². The summed E-state index contributed by atoms with van der Waals surface area (Å²) in [5.74, 6) is -0.224. The molecule has 2 heterocycles. The van der Waals surface area contributed by atoms with Crippen molar-refractivity contribution in [1.29, 1.82) is 0 Å². The molecular weight excluding hydrogens is 462 g/mol. The SMILES string of the molecule is C=CCc1cc(/C=C2/C(=O)NN(c3ccccc3)C2=O)cc(OCC)c1OCC(=O)N1CCOCC1. The Morgan fingerprint density at radius 3 is 2.58 bits per heavy atom. The van der Waals surface area contributed by atoms with Crippen LogP contribution in [0, 0.1) is 0 Å². The summed E-state index contributed by atoms with van der Waals surface area (Å²) in [5.41, 5.74) is 4.48. The number of hydrogen-bond donors (Lipinski definition) is 1. The fraction of sp³-hybridized carbons (Fsp3) is 0.296. The molecule has 188 valence electrons. The second-order valence-electron chi connectivity index (χ2n) is 8.19. The van der Waals surface area contributed by atoms with E-state index in [2.05, 4.69) is 12.0 Å². The van der Waals surface area contributed by atoms with Gasteiger partial charge in [-0.3, -0.25) is 19.8 Å². The predicted octanol–water partition coefficient (Wildman–Crippen LogP) is 2.51. The Bertz CT molecular complexity index is 1170. The minimum atomic E-state index is -0.497. The maximum absolute atomic E-state index is 13.0. The van der Waals surface area contributed by atoms with E-state index in [-0.39, 0.29) is 18.1 Å². The lowest BCUT2D eigenvalue weighted by Crippen LogP contribution is -2.43. The van der Waals surface area contributed by atoms with E-state index in [4.69, 9.17) is 14.2 Å². The lowest BCUT2D eigenvalue weighted by atomic mass is 10.0. The van der Waals surface area contributed by atoms with Crippen LogP contribution < -0.4 is 19.9 Å². The summed E-state index contributed by atoms with van der Waals surface area (Å²) in [7, 11) is 0. The molecule has 4 rings (SSSR count). The van der Waals surface area contributed by atoms with E-state index in [9.17, 15) is 14.4 Å². The standard InChI is InChI=1S/C27H29N3O6/c1-3-8-20-15-19(16-22-26(32)28-30(27(22)33)21-9-6-5-7-10-21)17-23(35-4-2)25(20)36-18-24(31)29-11-13-34-14-12-29/h3,5-7,9-10,15-17H,1,4,8,11-14,18H2,2H3,(H,28,32)/b22-16-. The number of ether oxygens (including phenoxy) is 3. The Labute approximate surface area is 209 Å². The van der Waals surface area contributed by atoms with Gasteiger partial charge in [-0.05, 0) is 49.2 Å². The number of carbonyl (C=O) groups excluding carboxylic acids is 3. The molecule has 0 radical (unpaired) electrons. The monoisotopic (exact) mass is 491 g/mol. The third kappa shape index (κ3) is 5.58. The van der Waals surface area contributed by atoms with Crippen LogP contribution in [0.4, 0.5) is 5.69 Å². The number of hydrazine groups is 1. The van der Waals surface area contributed by atoms with Crippen molar-refractivity contribution >= 4 is 29.5 Å². The zero-order valence-corrected chi connectivity index (χ0v) is 20.2. The number of benzene rings is 2. The Hall–Kier alpha value is -4.11. The maximum Gasteiger partial charge on any atom is 0.282 e. The molecule has 9 nitrogen and oxygen atoms in total. The molecule has 0 aromatic heterocycles. The molecule has 0 bridgehead atoms. The van der Waals surface area contributed by atoms with Gasteiger partial charge >= 0.3 is 0 Å². The van der Waals surface area contributed by atoms with Crippen LogP contribution in [-0.2, 0) is 25.5 Å². The molecule has 2 aromatic rings. The highest BCUT2D eigenvalue weighted by Gasteiger charge is 2.34. The molecule has 0 spiro atoms. The molecule has 2 saturated heterocycles. The Balaban J connectivity index is 1.61. The molecule has 1 N–H and O–H groups in total. The lowest BCUT2D eigenvalue weighted by molar-refractivity contribution is -0.137. The molecule has 2 fully saturated rings. The summed E-state index contributed by atoms with van der Waals surface area (Å²) in [5, 5.41) is 1.22. The first-order valence-corrected chi connectivity index (χ1v) is 11.8. The van der Waals surface area contributed by atoms with Crippen molar-refractivity contribution in [2.45, 2.75) is 13.3 Å². The fourth-order valence-electron chi connectivity index (χ4n) is 4.02. The van der Waals surface area contributed by atoms with Crippen LogP contribution in [-0.4, -0.2) is 62.1 Å². The molecule has 2 aromatic carbocycles. The predicted molar refractivity (Wildman–Crippen MR) is 134 cm³/mol. The number of hydrogen-bond acceptors (Lipinski definition) is 6. The smallest absolute Gasteiger partial charge is 0.282 e. The van der Waals surface area contributed by atoms with Gasteiger partial charge in [0.1, 0.15) is 5.57 Å². The molecule has 0 atom stereocenters. The van der Waals surface area contributed by atoms with Crippen LogP contribution in [0.1, 0.15) is 18.1 Å². The van der Waals surface area contributed by atoms with Crippen molar-refractivity contribution in [3.8, 4) is 11.5 Å². The highest BCUT2D eigenvalue weighted by molar-refractivity contribution is 6.31. The molecule has 9 heteroatoms. The first-order chi connectivity index (χ1) is 17.5. The third-order valence-corrected chi connectivity index (χ3v) is 5.74. The summed E-state index contributed by atoms with van der Waals surface area (Å²) >= 11 is 0. The topological polar surface area (TPSA) is 97.4 Å². The minimum Gasteiger partial charge on any atom is -0.490 e. The van der Waals surface area contributed by atoms with Gasteiger partial charge in [-0.1, -0.05) is 24.3 Å². The summed E-state index contributed by atoms with van der Waals surface area (Å²) < 4.78 is 17.1. The van der Waals surface area contributed by atoms with Crippen LogP contribution in [0.5, 0.6) is 11.5 Å². The normalized spacial score (nSPS) is 16.8. The van der Waals surface area contributed by atoms with Crippen molar-refractivity contribution in [3.05, 3.63) is 71.8 Å². The molecule has 36 heavy (non-hydrogen) atoms. The van der Waals surface area contributed by atoms with E-state index in [0.717, 1.165) is 5.56 Å². The van der Waals surface area contributed by atoms with Gasteiger partial charge in [-0.15, -0.1) is 6.58 Å². The largest absolute Gasteiger partial charge is 0.490 e. The van der Waals surface area contributed by atoms with E-state index < -0.39 is 11.8 Å². The van der Waals surface area contributed by atoms with Crippen LogP contribution in [0.25, 0.3) is 6.08 Å². The van der Waals surface area contributed by atoms with Crippen LogP contribution >= 0.6 is 0 Å². The Morgan fingerprint density at radius 1 is 1.14 bits per heavy atom. The summed E-state index contributed by atoms with van der Waals surface area (Å²) in [6.45, 7) is 7.96. The number of rotatable bonds is 9. The zero-order chi connectivity index (χ0) is 25.5. The zero-order valence-electron chi connectivity index (χ0n) is 20.2. The number of nitrogens with zero attached hydrogens (tertiary/aromatic N) is 2. The number of allylic oxidation sites excluding steroid dienone is 1. The fourth-order valence-corrected chi connectivity index (χ4v) is 4.02. The van der Waals surface area contributed by atoms with Crippen molar-refractivity contribution in [2.24, 2.45) is 0 Å². The number of anilines is 1. The van der Waals surface area contributed by atoms with Gasteiger partial charge in [-0.2, -0.15) is 0 Å². The second-order valence-corrected chi connectivity index (χ2v) is 8.19. The highest BCUT2D eigenvalue weighted by atomic mass is 16.5. The van der Waals surface area contributed by atoms with E-state index in [1.807, 2.05) is 13.0 Å². The minimum absolute atomic E-state index is 0.00187. The van der Waals surface area contributed by atoms with Crippen molar-refractivity contribution in [2.75, 3.05) is 44.5 Å². The lowest BCUT2D eigenvalue weighted by Gasteiger charge is -2.27. The number of morpholine rings is 1. The summed E-state index contributed by atoms with van der Waals surface area (Å²) in [4.78, 5) is 39.9. The Kier molecular flexibility index (Phi) is 8.02. The molecular formula is C27H29N3O6. The van der Waals surface area contributed by atoms with E-state index >= 15 is 0 Å². The molecule has 2 aliphatic rings. The van der Waals surface area contributed by atoms with Gasteiger partial charge in [-0.25, -0.2) is 5.01 Å². The van der Waals surface area contributed by atoms with E-state index in [1.165, 1.54) is 11.1 Å². The van der Waals surface area contributed by atoms with Gasteiger partial charge in [0.15, 0.2) is 18.1 Å². The van der Waals surface area contributed by atoms with Crippen LogP contribution in [0.3, 0.4) is 0 Å². The average molecular weight is 492 g/mol. The van der Waals surface area contributed by atoms with Gasteiger partial charge in [0, 0.05) is 18.7 Å². The van der Waals surface area contributed by atoms with Crippen molar-refractivity contribution in [3.63, 3.8) is 0 Å². The van der Waals surface area contributed by atoms with Gasteiger partial charge in [0.25, 0.3) is 17.7 Å². The quantitative estimate of drug-likeness (QED) is 0.329. The molecule has 2 aliphatic heterocycles. The van der Waals surface area contributed by atoms with Crippen LogP contribution in [0.2, 0.25) is 0 Å². The van der Waals surface area contributed by atoms with E-state index in [0.29, 0.717) is 62.1 Å². The maximum atomic E-state index is 13.0. The number of para-hydroxylation sites is 1. The van der Waals surface area contributed by atoms with Crippen LogP contribution in [0.15, 0.2) is 60.7 Å². The summed E-state index contributed by atoms with van der Waals surface area (Å²) in [6.07, 6.45) is 3.68. The second kappa shape index (κ2) is 11.5. The van der Waals surface area contributed by atoms with Crippen molar-refractivity contribution in [1.82, 2.24) is 10.3 Å². The molecule has 0 saturated carbocycles.